The van der Waals surface area contributed by atoms with Gasteiger partial charge in [0.05, 0.1) is 6.54 Å². The minimum absolute atomic E-state index is 0.426. The maximum atomic E-state index is 5.50. The Morgan fingerprint density at radius 2 is 1.91 bits per heavy atom. The highest BCUT2D eigenvalue weighted by atomic mass is 16.5. The van der Waals surface area contributed by atoms with Crippen LogP contribution >= 0.6 is 0 Å². The standard InChI is InChI=1S/C19H31N3O/c1-4-20-18(21-14-17-8-6-16(3)7-9-17)22-15-19(10-11-19)12-13-23-5-2/h6-9H,4-5,10-15H2,1-3H3,(H2,20,21,22). The molecule has 2 rings (SSSR count). The van der Waals surface area contributed by atoms with Crippen molar-refractivity contribution in [2.45, 2.75) is 46.6 Å². The summed E-state index contributed by atoms with van der Waals surface area (Å²) in [7, 11) is 0. The Kier molecular flexibility index (Phi) is 6.90. The Labute approximate surface area is 140 Å². The van der Waals surface area contributed by atoms with Crippen LogP contribution in [0.4, 0.5) is 0 Å². The molecule has 128 valence electrons. The third kappa shape index (κ3) is 6.22. The Morgan fingerprint density at radius 1 is 1.17 bits per heavy atom. The summed E-state index contributed by atoms with van der Waals surface area (Å²) in [5.41, 5.74) is 2.95. The number of ether oxygens (including phenoxy) is 1. The van der Waals surface area contributed by atoms with Gasteiger partial charge in [0.1, 0.15) is 0 Å². The second kappa shape index (κ2) is 8.92. The quantitative estimate of drug-likeness (QED) is 0.417. The highest BCUT2D eigenvalue weighted by molar-refractivity contribution is 5.79. The van der Waals surface area contributed by atoms with Crippen molar-refractivity contribution < 1.29 is 4.74 Å². The molecule has 0 atom stereocenters. The van der Waals surface area contributed by atoms with Crippen LogP contribution in [0.2, 0.25) is 0 Å². The van der Waals surface area contributed by atoms with Crippen LogP contribution in [0, 0.1) is 12.3 Å². The summed E-state index contributed by atoms with van der Waals surface area (Å²) in [6.07, 6.45) is 3.74. The fraction of sp³-hybridized carbons (Fsp3) is 0.632. The Bertz CT molecular complexity index is 492. The maximum absolute atomic E-state index is 5.50. The van der Waals surface area contributed by atoms with E-state index < -0.39 is 0 Å². The van der Waals surface area contributed by atoms with E-state index >= 15 is 0 Å². The summed E-state index contributed by atoms with van der Waals surface area (Å²) in [6.45, 7) is 10.5. The first kappa shape index (κ1) is 17.8. The largest absolute Gasteiger partial charge is 0.382 e. The van der Waals surface area contributed by atoms with E-state index in [1.807, 2.05) is 0 Å². The smallest absolute Gasteiger partial charge is 0.191 e. The predicted molar refractivity (Wildman–Crippen MR) is 96.8 cm³/mol. The van der Waals surface area contributed by atoms with E-state index in [0.717, 1.165) is 38.7 Å². The van der Waals surface area contributed by atoms with Crippen LogP contribution in [0.3, 0.4) is 0 Å². The summed E-state index contributed by atoms with van der Waals surface area (Å²) in [4.78, 5) is 4.70. The van der Waals surface area contributed by atoms with Crippen molar-refractivity contribution in [2.75, 3.05) is 26.3 Å². The fourth-order valence-electron chi connectivity index (χ4n) is 2.60. The monoisotopic (exact) mass is 317 g/mol. The lowest BCUT2D eigenvalue weighted by Crippen LogP contribution is -2.40. The van der Waals surface area contributed by atoms with Crippen LogP contribution in [0.5, 0.6) is 0 Å². The fourth-order valence-corrected chi connectivity index (χ4v) is 2.60. The molecule has 0 aromatic heterocycles. The number of hydrogen-bond acceptors (Lipinski definition) is 2. The summed E-state index contributed by atoms with van der Waals surface area (Å²) >= 11 is 0. The topological polar surface area (TPSA) is 45.7 Å². The molecule has 0 aliphatic heterocycles. The number of rotatable bonds is 9. The van der Waals surface area contributed by atoms with Gasteiger partial charge in [-0.1, -0.05) is 29.8 Å². The lowest BCUT2D eigenvalue weighted by atomic mass is 10.0. The third-order valence-corrected chi connectivity index (χ3v) is 4.45. The molecule has 0 heterocycles. The van der Waals surface area contributed by atoms with E-state index in [0.29, 0.717) is 12.0 Å². The van der Waals surface area contributed by atoms with E-state index in [1.165, 1.54) is 24.0 Å². The first-order chi connectivity index (χ1) is 11.2. The predicted octanol–water partition coefficient (Wildman–Crippen LogP) is 3.26. The molecule has 0 spiro atoms. The molecule has 0 radical (unpaired) electrons. The highest BCUT2D eigenvalue weighted by Crippen LogP contribution is 2.48. The summed E-state index contributed by atoms with van der Waals surface area (Å²) in [6, 6.07) is 8.57. The maximum Gasteiger partial charge on any atom is 0.191 e. The molecule has 1 fully saturated rings. The third-order valence-electron chi connectivity index (χ3n) is 4.45. The van der Waals surface area contributed by atoms with Gasteiger partial charge in [-0.2, -0.15) is 0 Å². The van der Waals surface area contributed by atoms with Gasteiger partial charge in [0, 0.05) is 26.3 Å². The van der Waals surface area contributed by atoms with Crippen LogP contribution in [-0.4, -0.2) is 32.3 Å². The van der Waals surface area contributed by atoms with Gasteiger partial charge in [0.15, 0.2) is 5.96 Å². The highest BCUT2D eigenvalue weighted by Gasteiger charge is 2.41. The Hall–Kier alpha value is -1.55. The van der Waals surface area contributed by atoms with Crippen LogP contribution < -0.4 is 10.6 Å². The van der Waals surface area contributed by atoms with Crippen molar-refractivity contribution in [3.8, 4) is 0 Å². The molecule has 0 amide bonds. The summed E-state index contributed by atoms with van der Waals surface area (Å²) in [5, 5.41) is 6.85. The van der Waals surface area contributed by atoms with E-state index in [9.17, 15) is 0 Å². The molecule has 1 aliphatic rings. The van der Waals surface area contributed by atoms with Crippen molar-refractivity contribution >= 4 is 5.96 Å². The zero-order chi connectivity index (χ0) is 16.5. The molecular weight excluding hydrogens is 286 g/mol. The van der Waals surface area contributed by atoms with Gasteiger partial charge in [-0.3, -0.25) is 0 Å². The number of guanidine groups is 1. The van der Waals surface area contributed by atoms with E-state index in [-0.39, 0.29) is 0 Å². The van der Waals surface area contributed by atoms with Crippen molar-refractivity contribution in [1.29, 1.82) is 0 Å². The number of nitrogens with zero attached hydrogens (tertiary/aromatic N) is 1. The minimum atomic E-state index is 0.426. The van der Waals surface area contributed by atoms with Crippen LogP contribution in [-0.2, 0) is 11.3 Å². The molecule has 1 aromatic rings. The molecule has 1 aliphatic carbocycles. The van der Waals surface area contributed by atoms with E-state index in [4.69, 9.17) is 9.73 Å². The van der Waals surface area contributed by atoms with E-state index in [2.05, 4.69) is 55.7 Å². The van der Waals surface area contributed by atoms with Gasteiger partial charge in [-0.15, -0.1) is 0 Å². The average Bonchev–Trinajstić information content (AvgIpc) is 3.32. The van der Waals surface area contributed by atoms with Gasteiger partial charge in [-0.25, -0.2) is 4.99 Å². The molecule has 1 aromatic carbocycles. The number of benzene rings is 1. The number of aliphatic imine (C=N–C) groups is 1. The van der Waals surface area contributed by atoms with Gasteiger partial charge in [0.25, 0.3) is 0 Å². The van der Waals surface area contributed by atoms with Crippen molar-refractivity contribution in [3.63, 3.8) is 0 Å². The molecule has 2 N–H and O–H groups in total. The molecule has 0 bridgehead atoms. The second-order valence-electron chi connectivity index (χ2n) is 6.48. The lowest BCUT2D eigenvalue weighted by molar-refractivity contribution is 0.128. The molecule has 1 saturated carbocycles. The first-order valence-electron chi connectivity index (χ1n) is 8.83. The number of hydrogen-bond donors (Lipinski definition) is 2. The average molecular weight is 317 g/mol. The SMILES string of the molecule is CCNC(=NCc1ccc(C)cc1)NCC1(CCOCC)CC1. The number of nitrogens with one attached hydrogen (secondary N) is 2. The van der Waals surface area contributed by atoms with Crippen molar-refractivity contribution in [2.24, 2.45) is 10.4 Å². The van der Waals surface area contributed by atoms with Gasteiger partial charge in [0.2, 0.25) is 0 Å². The zero-order valence-corrected chi connectivity index (χ0v) is 14.8. The summed E-state index contributed by atoms with van der Waals surface area (Å²) < 4.78 is 5.50. The van der Waals surface area contributed by atoms with Crippen molar-refractivity contribution in [1.82, 2.24) is 10.6 Å². The summed E-state index contributed by atoms with van der Waals surface area (Å²) in [5.74, 6) is 0.913. The zero-order valence-electron chi connectivity index (χ0n) is 14.8. The van der Waals surface area contributed by atoms with Crippen LogP contribution in [0.25, 0.3) is 0 Å². The van der Waals surface area contributed by atoms with Crippen molar-refractivity contribution in [3.05, 3.63) is 35.4 Å². The molecule has 0 saturated heterocycles. The van der Waals surface area contributed by atoms with Crippen LogP contribution in [0.1, 0.15) is 44.2 Å². The first-order valence-corrected chi connectivity index (χ1v) is 8.83. The number of aryl methyl sites for hydroxylation is 1. The Morgan fingerprint density at radius 3 is 2.52 bits per heavy atom. The van der Waals surface area contributed by atoms with Gasteiger partial charge < -0.3 is 15.4 Å². The normalized spacial score (nSPS) is 16.2. The minimum Gasteiger partial charge on any atom is -0.382 e. The molecule has 0 unspecified atom stereocenters. The van der Waals surface area contributed by atoms with Crippen LogP contribution in [0.15, 0.2) is 29.3 Å². The molecule has 4 nitrogen and oxygen atoms in total. The lowest BCUT2D eigenvalue weighted by Gasteiger charge is -2.18. The molecular formula is C19H31N3O. The van der Waals surface area contributed by atoms with Gasteiger partial charge in [-0.05, 0) is 51.0 Å². The van der Waals surface area contributed by atoms with Gasteiger partial charge >= 0.3 is 0 Å². The molecule has 4 heteroatoms. The molecule has 23 heavy (non-hydrogen) atoms. The second-order valence-corrected chi connectivity index (χ2v) is 6.48. The Balaban J connectivity index is 1.83. The van der Waals surface area contributed by atoms with E-state index in [1.54, 1.807) is 0 Å².